The molecule has 0 aliphatic heterocycles. The van der Waals surface area contributed by atoms with E-state index >= 15 is 0 Å². The Kier molecular flexibility index (Phi) is 4.05. The van der Waals surface area contributed by atoms with Gasteiger partial charge in [0.2, 0.25) is 5.91 Å². The Hall–Kier alpha value is -2.64. The number of rotatable bonds is 5. The maximum Gasteiger partial charge on any atom is 0.369 e. The van der Waals surface area contributed by atoms with E-state index < -0.39 is 22.5 Å². The number of nitrogens with zero attached hydrogens (tertiary/aromatic N) is 1. The zero-order chi connectivity index (χ0) is 14.6. The van der Waals surface area contributed by atoms with E-state index in [2.05, 4.69) is 5.32 Å². The van der Waals surface area contributed by atoms with Gasteiger partial charge in [-0.15, -0.1) is 0 Å². The van der Waals surface area contributed by atoms with Gasteiger partial charge < -0.3 is 15.2 Å². The summed E-state index contributed by atoms with van der Waals surface area (Å²) in [6, 6.07) is 5.02. The molecular formula is C11H12N2O6. The van der Waals surface area contributed by atoms with Gasteiger partial charge in [0.25, 0.3) is 11.4 Å². The quantitative estimate of drug-likeness (QED) is 0.465. The van der Waals surface area contributed by atoms with Gasteiger partial charge in [-0.3, -0.25) is 14.9 Å². The fraction of sp³-hybridized carbons (Fsp3) is 0.273. The molecule has 102 valence electrons. The van der Waals surface area contributed by atoms with Gasteiger partial charge in [0.15, 0.2) is 0 Å². The third-order valence-corrected chi connectivity index (χ3v) is 2.17. The Labute approximate surface area is 108 Å². The topological polar surface area (TPSA) is 119 Å². The largest absolute Gasteiger partial charge is 0.477 e. The molecule has 0 aromatic heterocycles. The summed E-state index contributed by atoms with van der Waals surface area (Å²) in [6.45, 7) is 2.27. The second kappa shape index (κ2) is 5.34. The number of nitrogens with one attached hydrogen (secondary N) is 1. The Bertz CT molecular complexity index is 530. The normalized spacial score (nSPS) is 13.2. The lowest BCUT2D eigenvalue weighted by atomic mass is 10.2. The van der Waals surface area contributed by atoms with E-state index in [-0.39, 0.29) is 11.4 Å². The first-order valence-corrected chi connectivity index (χ1v) is 5.20. The van der Waals surface area contributed by atoms with Crippen LogP contribution in [0, 0.1) is 10.1 Å². The van der Waals surface area contributed by atoms with Crippen LogP contribution in [-0.4, -0.2) is 27.6 Å². The molecule has 0 fully saturated rings. The molecule has 19 heavy (non-hydrogen) atoms. The van der Waals surface area contributed by atoms with Gasteiger partial charge >= 0.3 is 5.97 Å². The highest BCUT2D eigenvalue weighted by Gasteiger charge is 2.37. The molecule has 1 amide bonds. The lowest BCUT2D eigenvalue weighted by Gasteiger charge is -2.26. The first kappa shape index (κ1) is 14.4. The van der Waals surface area contributed by atoms with Crippen molar-refractivity contribution in [2.45, 2.75) is 19.6 Å². The highest BCUT2D eigenvalue weighted by molar-refractivity contribution is 5.84. The summed E-state index contributed by atoms with van der Waals surface area (Å²) in [5, 5.41) is 21.8. The molecule has 1 aromatic carbocycles. The molecule has 0 bridgehead atoms. The first-order chi connectivity index (χ1) is 8.74. The smallest absolute Gasteiger partial charge is 0.369 e. The fourth-order valence-electron chi connectivity index (χ4n) is 1.35. The van der Waals surface area contributed by atoms with E-state index in [1.54, 1.807) is 0 Å². The van der Waals surface area contributed by atoms with Crippen molar-refractivity contribution in [1.29, 1.82) is 0 Å². The number of carboxylic acid groups (broad SMARTS) is 1. The molecule has 0 heterocycles. The number of carboxylic acids is 1. The summed E-state index contributed by atoms with van der Waals surface area (Å²) in [7, 11) is 0. The monoisotopic (exact) mass is 268 g/mol. The second-order valence-corrected chi connectivity index (χ2v) is 3.88. The summed E-state index contributed by atoms with van der Waals surface area (Å²) >= 11 is 0. The fourth-order valence-corrected chi connectivity index (χ4v) is 1.35. The zero-order valence-electron chi connectivity index (χ0n) is 10.2. The molecule has 0 aliphatic carbocycles. The van der Waals surface area contributed by atoms with Crippen LogP contribution >= 0.6 is 0 Å². The van der Waals surface area contributed by atoms with Gasteiger partial charge in [-0.1, -0.05) is 6.07 Å². The van der Waals surface area contributed by atoms with Crippen molar-refractivity contribution in [1.82, 2.24) is 5.32 Å². The van der Waals surface area contributed by atoms with E-state index in [0.717, 1.165) is 19.9 Å². The molecule has 0 saturated heterocycles. The lowest BCUT2D eigenvalue weighted by Crippen LogP contribution is -2.56. The molecule has 2 N–H and O–H groups in total. The van der Waals surface area contributed by atoms with Crippen LogP contribution in [0.4, 0.5) is 5.69 Å². The second-order valence-electron chi connectivity index (χ2n) is 3.88. The summed E-state index contributed by atoms with van der Waals surface area (Å²) < 4.78 is 5.13. The molecule has 1 aromatic rings. The van der Waals surface area contributed by atoms with E-state index in [4.69, 9.17) is 9.84 Å². The zero-order valence-corrected chi connectivity index (χ0v) is 10.2. The predicted octanol–water partition coefficient (Wildman–Crippen LogP) is 0.911. The van der Waals surface area contributed by atoms with Gasteiger partial charge in [-0.2, -0.15) is 0 Å². The molecule has 1 atom stereocenters. The molecule has 8 heteroatoms. The number of aliphatic carboxylic acids is 1. The van der Waals surface area contributed by atoms with Crippen molar-refractivity contribution >= 4 is 17.6 Å². The number of carbonyl (C=O) groups is 2. The molecule has 1 unspecified atom stereocenters. The number of ether oxygens (including phenoxy) is 1. The van der Waals surface area contributed by atoms with E-state index in [1.165, 1.54) is 18.2 Å². The van der Waals surface area contributed by atoms with E-state index in [0.29, 0.717) is 0 Å². The van der Waals surface area contributed by atoms with Crippen molar-refractivity contribution < 1.29 is 24.4 Å². The molecule has 8 nitrogen and oxygen atoms in total. The van der Waals surface area contributed by atoms with Crippen molar-refractivity contribution in [2.75, 3.05) is 0 Å². The molecule has 0 spiro atoms. The SMILES string of the molecule is CC(=O)NC(C)(Oc1cccc([N+](=O)[O-])c1)C(=O)O. The number of benzene rings is 1. The maximum atomic E-state index is 11.1. The lowest BCUT2D eigenvalue weighted by molar-refractivity contribution is -0.385. The summed E-state index contributed by atoms with van der Waals surface area (Å²) in [4.78, 5) is 32.0. The molecule has 1 rings (SSSR count). The predicted molar refractivity (Wildman–Crippen MR) is 63.6 cm³/mol. The van der Waals surface area contributed by atoms with Crippen LogP contribution in [0.15, 0.2) is 24.3 Å². The van der Waals surface area contributed by atoms with Gasteiger partial charge in [0, 0.05) is 19.9 Å². The third-order valence-electron chi connectivity index (χ3n) is 2.17. The minimum Gasteiger partial charge on any atom is -0.477 e. The van der Waals surface area contributed by atoms with E-state index in [9.17, 15) is 19.7 Å². The number of hydrogen-bond donors (Lipinski definition) is 2. The van der Waals surface area contributed by atoms with Gasteiger partial charge in [0.05, 0.1) is 11.0 Å². The Morgan fingerprint density at radius 1 is 1.47 bits per heavy atom. The van der Waals surface area contributed by atoms with Crippen LogP contribution in [0.25, 0.3) is 0 Å². The highest BCUT2D eigenvalue weighted by Crippen LogP contribution is 2.22. The first-order valence-electron chi connectivity index (χ1n) is 5.20. The van der Waals surface area contributed by atoms with Gasteiger partial charge in [-0.05, 0) is 6.07 Å². The van der Waals surface area contributed by atoms with Crippen molar-refractivity contribution in [3.05, 3.63) is 34.4 Å². The molecular weight excluding hydrogens is 256 g/mol. The van der Waals surface area contributed by atoms with Crippen LogP contribution in [0.5, 0.6) is 5.75 Å². The van der Waals surface area contributed by atoms with Gasteiger partial charge in [-0.25, -0.2) is 4.79 Å². The van der Waals surface area contributed by atoms with Crippen molar-refractivity contribution in [3.63, 3.8) is 0 Å². The number of hydrogen-bond acceptors (Lipinski definition) is 5. The van der Waals surface area contributed by atoms with Crippen LogP contribution in [-0.2, 0) is 9.59 Å². The minimum atomic E-state index is -2.00. The number of carbonyl (C=O) groups excluding carboxylic acids is 1. The standard InChI is InChI=1S/C11H12N2O6/c1-7(14)12-11(2,10(15)16)19-9-5-3-4-8(6-9)13(17)18/h3-6H,1-2H3,(H,12,14)(H,15,16). The van der Waals surface area contributed by atoms with Crippen LogP contribution in [0.3, 0.4) is 0 Å². The van der Waals surface area contributed by atoms with E-state index in [1.807, 2.05) is 0 Å². The Balaban J connectivity index is 3.03. The van der Waals surface area contributed by atoms with Crippen LogP contribution < -0.4 is 10.1 Å². The minimum absolute atomic E-state index is 0.0344. The number of amides is 1. The average molecular weight is 268 g/mol. The summed E-state index contributed by atoms with van der Waals surface area (Å²) in [5.41, 5.74) is -2.24. The summed E-state index contributed by atoms with van der Waals surface area (Å²) in [5.74, 6) is -2.06. The number of non-ortho nitro benzene ring substituents is 1. The Morgan fingerprint density at radius 2 is 2.11 bits per heavy atom. The maximum absolute atomic E-state index is 11.1. The highest BCUT2D eigenvalue weighted by atomic mass is 16.6. The molecule has 0 saturated carbocycles. The van der Waals surface area contributed by atoms with Crippen molar-refractivity contribution in [3.8, 4) is 5.75 Å². The molecule has 0 aliphatic rings. The molecule has 0 radical (unpaired) electrons. The Morgan fingerprint density at radius 3 is 2.58 bits per heavy atom. The number of nitro groups is 1. The van der Waals surface area contributed by atoms with Crippen molar-refractivity contribution in [2.24, 2.45) is 0 Å². The number of nitro benzene ring substituents is 1. The average Bonchev–Trinajstić information content (AvgIpc) is 2.27. The van der Waals surface area contributed by atoms with Crippen LogP contribution in [0.1, 0.15) is 13.8 Å². The van der Waals surface area contributed by atoms with Gasteiger partial charge in [0.1, 0.15) is 5.75 Å². The third kappa shape index (κ3) is 3.66. The summed E-state index contributed by atoms with van der Waals surface area (Å²) in [6.07, 6.45) is 0. The van der Waals surface area contributed by atoms with Crippen LogP contribution in [0.2, 0.25) is 0 Å².